The van der Waals surface area contributed by atoms with Crippen molar-refractivity contribution >= 4 is 229 Å². The smallest absolute Gasteiger partial charge is 0.315 e. The van der Waals surface area contributed by atoms with Gasteiger partial charge in [-0.15, -0.1) is 0 Å². The van der Waals surface area contributed by atoms with E-state index in [-0.39, 0.29) is 215 Å². The Morgan fingerprint density at radius 2 is 0.378 bits per heavy atom. The third-order valence-electron chi connectivity index (χ3n) is 16.8. The van der Waals surface area contributed by atoms with E-state index in [1.54, 1.807) is 49.3 Å². The van der Waals surface area contributed by atoms with Crippen LogP contribution in [0.1, 0.15) is 194 Å². The molecule has 0 aliphatic rings. The molecule has 0 heterocycles. The van der Waals surface area contributed by atoms with Crippen LogP contribution in [0.3, 0.4) is 0 Å². The second-order valence-electron chi connectivity index (χ2n) is 28.1. The fourth-order valence-corrected chi connectivity index (χ4v) is 13.4. The van der Waals surface area contributed by atoms with Gasteiger partial charge in [-0.3, -0.25) is 91.1 Å². The molecule has 3 rings (SSSR count). The normalized spacial score (nSPS) is 10.7. The minimum Gasteiger partial charge on any atom is -0.465 e. The highest BCUT2D eigenvalue weighted by Crippen LogP contribution is 2.29. The Morgan fingerprint density at radius 3 is 0.528 bits per heavy atom. The van der Waals surface area contributed by atoms with E-state index in [0.717, 1.165) is 0 Å². The second-order valence-corrected chi connectivity index (χ2v) is 37.5. The van der Waals surface area contributed by atoms with Crippen molar-refractivity contribution in [1.82, 2.24) is 0 Å². The van der Waals surface area contributed by atoms with Crippen LogP contribution in [-0.2, 0) is 100 Å². The predicted molar refractivity (Wildman–Crippen MR) is 509 cm³/mol. The summed E-state index contributed by atoms with van der Waals surface area (Å²) in [7, 11) is 0. The van der Waals surface area contributed by atoms with Gasteiger partial charge in [-0.05, 0) is 155 Å². The van der Waals surface area contributed by atoms with Crippen LogP contribution in [0, 0.1) is 16.2 Å². The highest BCUT2D eigenvalue weighted by Gasteiger charge is 2.42. The van der Waals surface area contributed by atoms with Crippen molar-refractivity contribution < 1.29 is 143 Å². The Bertz CT molecular complexity index is 3590. The molecule has 30 nitrogen and oxygen atoms in total. The molecule has 0 saturated carbocycles. The minimum absolute atomic E-state index is 0.0687. The molecule has 3 aromatic carbocycles. The summed E-state index contributed by atoms with van der Waals surface area (Å²) < 4.78 is 61.2. The molecule has 0 aliphatic carbocycles. The fraction of sp³-hybridized carbons (Fsp3) is 0.575. The minimum atomic E-state index is -1.34. The van der Waals surface area contributed by atoms with Crippen molar-refractivity contribution in [1.29, 1.82) is 0 Å². The van der Waals surface area contributed by atoms with Crippen LogP contribution >= 0.6 is 118 Å². The van der Waals surface area contributed by atoms with E-state index in [1.165, 1.54) is 210 Å². The monoisotopic (exact) mass is 1970 g/mol. The highest BCUT2D eigenvalue weighted by atomic mass is 32.2. The zero-order chi connectivity index (χ0) is 96.7. The molecule has 0 N–H and O–H groups in total. The van der Waals surface area contributed by atoms with Gasteiger partial charge in [0.15, 0.2) is 52.0 Å². The first-order chi connectivity index (χ1) is 60.0. The van der Waals surface area contributed by atoms with Gasteiger partial charge in [-0.25, -0.2) is 0 Å². The Balaban J connectivity index is 0. The van der Waals surface area contributed by atoms with Crippen molar-refractivity contribution in [2.45, 2.75) is 101 Å². The lowest BCUT2D eigenvalue weighted by Crippen LogP contribution is -2.47. The summed E-state index contributed by atoms with van der Waals surface area (Å²) in [6.07, 6.45) is 19.0. The SMILES string of the molecule is CC(=O)c1cc(C(C)=O)c(C(C)=O)cc1C(C)=O.CC(=O)c1cc(C(C)=O)cc(C(C)=O)c1.CC(=O)c1ccccc1C(C)=O.CSCC(=O)OCC(COC(=O)CSC)(COC(=O)CSC)COC(=O)CSC.CSCCC(=O)OCC(COCC(COC(=O)CCSC)(COC(=O)CCSC)COC(=O)CCSC)(COC(=O)CCSC)COC(=O)CCSC. The van der Waals surface area contributed by atoms with Gasteiger partial charge in [-0.1, -0.05) is 24.3 Å². The molecule has 0 fully saturated rings. The maximum atomic E-state index is 12.7. The van der Waals surface area contributed by atoms with Gasteiger partial charge in [0.05, 0.1) is 85.6 Å². The van der Waals surface area contributed by atoms with Crippen molar-refractivity contribution in [3.63, 3.8) is 0 Å². The molecule has 0 saturated heterocycles. The number of esters is 10. The molecular formula is C87H122O30S10. The number of hydrogen-bond donors (Lipinski definition) is 0. The molecule has 710 valence electrons. The van der Waals surface area contributed by atoms with E-state index in [2.05, 4.69) is 0 Å². The van der Waals surface area contributed by atoms with E-state index in [9.17, 15) is 91.1 Å². The van der Waals surface area contributed by atoms with Crippen molar-refractivity contribution in [3.8, 4) is 0 Å². The first-order valence-corrected chi connectivity index (χ1v) is 53.0. The van der Waals surface area contributed by atoms with E-state index < -0.39 is 75.9 Å². The second kappa shape index (κ2) is 70.7. The lowest BCUT2D eigenvalue weighted by molar-refractivity contribution is -0.176. The summed E-state index contributed by atoms with van der Waals surface area (Å²) in [5, 5.41) is 0. The molecule has 40 heteroatoms. The van der Waals surface area contributed by atoms with Gasteiger partial charge >= 0.3 is 59.7 Å². The molecule has 0 amide bonds. The Morgan fingerprint density at radius 1 is 0.213 bits per heavy atom. The van der Waals surface area contributed by atoms with E-state index in [1.807, 2.05) is 37.5 Å². The summed E-state index contributed by atoms with van der Waals surface area (Å²) in [5.41, 5.74) is -0.965. The van der Waals surface area contributed by atoms with Crippen molar-refractivity contribution in [2.75, 3.05) is 199 Å². The van der Waals surface area contributed by atoms with Crippen molar-refractivity contribution in [3.05, 3.63) is 105 Å². The zero-order valence-corrected chi connectivity index (χ0v) is 84.0. The number of rotatable bonds is 59. The van der Waals surface area contributed by atoms with Crippen LogP contribution in [0.15, 0.2) is 54.6 Å². The summed E-state index contributed by atoms with van der Waals surface area (Å²) in [5.74, 6) is -2.94. The van der Waals surface area contributed by atoms with Crippen molar-refractivity contribution in [2.24, 2.45) is 16.2 Å². The topological polar surface area (TPSA) is 426 Å². The number of thioether (sulfide) groups is 10. The molecule has 3 aromatic rings. The van der Waals surface area contributed by atoms with Gasteiger partial charge < -0.3 is 52.1 Å². The van der Waals surface area contributed by atoms with Gasteiger partial charge in [0.2, 0.25) is 0 Å². The number of hydrogen-bond acceptors (Lipinski definition) is 40. The average Bonchev–Trinajstić information content (AvgIpc) is 0.793. The van der Waals surface area contributed by atoms with Crippen LogP contribution in [0.2, 0.25) is 0 Å². The average molecular weight is 1970 g/mol. The molecule has 0 aromatic heterocycles. The van der Waals surface area contributed by atoms with Crippen LogP contribution in [-0.4, -0.2) is 311 Å². The summed E-state index contributed by atoms with van der Waals surface area (Å²) in [4.78, 5) is 225. The van der Waals surface area contributed by atoms with E-state index in [0.29, 0.717) is 62.3 Å². The first-order valence-electron chi connectivity index (χ1n) is 39.1. The lowest BCUT2D eigenvalue weighted by atomic mass is 9.90. The Labute approximate surface area is 787 Å². The van der Waals surface area contributed by atoms with Crippen LogP contribution < -0.4 is 0 Å². The third kappa shape index (κ3) is 54.9. The van der Waals surface area contributed by atoms with Gasteiger partial charge in [-0.2, -0.15) is 118 Å². The Hall–Kier alpha value is -7.15. The molecule has 0 unspecified atom stereocenters. The van der Waals surface area contributed by atoms with Gasteiger partial charge in [0.25, 0.3) is 0 Å². The maximum Gasteiger partial charge on any atom is 0.315 e. The number of carbonyl (C=O) groups excluding carboxylic acids is 19. The fourth-order valence-electron chi connectivity index (χ4n) is 9.85. The highest BCUT2D eigenvalue weighted by molar-refractivity contribution is 8.00. The zero-order valence-electron chi connectivity index (χ0n) is 75.8. The van der Waals surface area contributed by atoms with E-state index in [4.69, 9.17) is 52.1 Å². The molecule has 0 radical (unpaired) electrons. The molecule has 0 spiro atoms. The number of carbonyl (C=O) groups is 19. The van der Waals surface area contributed by atoms with Crippen LogP contribution in [0.5, 0.6) is 0 Å². The predicted octanol–water partition coefficient (Wildman–Crippen LogP) is 13.2. The van der Waals surface area contributed by atoms with Crippen LogP contribution in [0.4, 0.5) is 0 Å². The Kier molecular flexibility index (Phi) is 67.8. The summed E-state index contributed by atoms with van der Waals surface area (Å²) in [6, 6.07) is 14.0. The van der Waals surface area contributed by atoms with Gasteiger partial charge in [0.1, 0.15) is 71.5 Å². The summed E-state index contributed by atoms with van der Waals surface area (Å²) >= 11 is 14.0. The quantitative estimate of drug-likeness (QED) is 0.0288. The summed E-state index contributed by atoms with van der Waals surface area (Å²) in [6.45, 7) is 9.12. The molecular weight excluding hydrogens is 1850 g/mol. The lowest BCUT2D eigenvalue weighted by Gasteiger charge is -2.35. The van der Waals surface area contributed by atoms with Crippen LogP contribution in [0.25, 0.3) is 0 Å². The molecule has 127 heavy (non-hydrogen) atoms. The number of Topliss-reactive ketones (excluding diaryl/α,β-unsaturated/α-hetero) is 9. The van der Waals surface area contributed by atoms with Gasteiger partial charge in [0, 0.05) is 84.6 Å². The largest absolute Gasteiger partial charge is 0.465 e. The third-order valence-corrected chi connectivity index (χ3v) is 22.6. The molecule has 0 atom stereocenters. The molecule has 0 aliphatic heterocycles. The molecule has 0 bridgehead atoms. The number of ether oxygens (including phenoxy) is 11. The first kappa shape index (κ1) is 122. The standard InChI is InChI=1S/C34H58O13S6.C17H28O8S4.C14H14O4.C12H12O3.C10H10O2/c1-48-13-7-27(35)42-21-33(22-43-28(36)8-14-49-2,23-44-29(37)9-15-50-3)19-41-20-34(24-45-30(38)10-16-51-4,25-46-31(39)11-17-52-5)26-47-32(40)12-18-53-6;1-26-5-13(18)22-9-17(10-23-14(19)6-27-2,11-24-15(20)7-28-3)12-25-16(21)8-29-4;1-7(15)11-5-13(9(3)17)14(10(4)18)6-12(11)8(2)16;1-7(13)10-4-11(8(2)14)6-12(5-10)9(3)15;1-7(11)9-5-3-4-6-10(9)8(2)12/h7-26H2,1-6H3;5-12H2,1-4H3;5-6H,1-4H3;4-6H,1-3H3;3-6H,1-2H3. The number of benzene rings is 3. The number of ketones is 9. The maximum absolute atomic E-state index is 12.7. The van der Waals surface area contributed by atoms with E-state index >= 15 is 0 Å².